The van der Waals surface area contributed by atoms with Crippen LogP contribution in [0.1, 0.15) is 19.8 Å². The monoisotopic (exact) mass is 520 g/mol. The zero-order valence-corrected chi connectivity index (χ0v) is 27.5. The van der Waals surface area contributed by atoms with Gasteiger partial charge in [-0.15, -0.1) is 0 Å². The molecule has 158 valence electrons. The standard InChI is InChI=1S/C21H48SeSi5/c1-19-14-17-27(22-18-19)20(23(2,3)4,24(5,6)7)15-16-21(27,25(8,9)10)26(11,12)13/h14H,15-18H2,1-13H3. The molecule has 1 spiro atoms. The molecule has 0 aliphatic carbocycles. The maximum absolute atomic E-state index is 2.80. The van der Waals surface area contributed by atoms with Crippen molar-refractivity contribution in [3.05, 3.63) is 11.6 Å². The third-order valence-corrected chi connectivity index (χ3v) is 63.0. The Bertz CT molecular complexity index is 542. The molecular weight excluding hydrogens is 472 g/mol. The second-order valence-corrected chi connectivity index (χ2v) is 49.0. The SMILES string of the molecule is CC1=CC[Si]2([Se]C1)C([Si](C)(C)C)([Si](C)(C)C)CCC2([Si](C)(C)C)[Si](C)(C)C. The van der Waals surface area contributed by atoms with Crippen LogP contribution in [0, 0.1) is 0 Å². The van der Waals surface area contributed by atoms with Gasteiger partial charge in [-0.05, 0) is 0 Å². The summed E-state index contributed by atoms with van der Waals surface area (Å²) in [6.45, 7) is 34.6. The van der Waals surface area contributed by atoms with E-state index < -0.39 is 39.0 Å². The van der Waals surface area contributed by atoms with E-state index in [1.165, 1.54) is 5.32 Å². The Kier molecular flexibility index (Phi) is 6.31. The molecule has 0 radical (unpaired) electrons. The Morgan fingerprint density at radius 2 is 1.04 bits per heavy atom. The molecule has 0 aromatic heterocycles. The van der Waals surface area contributed by atoms with E-state index in [-0.39, 0.29) is 0 Å². The molecule has 0 N–H and O–H groups in total. The van der Waals surface area contributed by atoms with Crippen LogP contribution in [-0.2, 0) is 0 Å². The summed E-state index contributed by atoms with van der Waals surface area (Å²) >= 11 is 0.906. The molecule has 0 amide bonds. The van der Waals surface area contributed by atoms with E-state index in [4.69, 9.17) is 0 Å². The topological polar surface area (TPSA) is 0 Å². The molecule has 0 aromatic carbocycles. The maximum atomic E-state index is 2.80. The third-order valence-electron chi connectivity index (χ3n) is 8.66. The van der Waals surface area contributed by atoms with E-state index >= 15 is 0 Å². The first kappa shape index (κ1) is 24.6. The van der Waals surface area contributed by atoms with Crippen LogP contribution < -0.4 is 0 Å². The van der Waals surface area contributed by atoms with Crippen molar-refractivity contribution in [2.45, 2.75) is 118 Å². The summed E-state index contributed by atoms with van der Waals surface area (Å²) in [5.41, 5.74) is 1.74. The molecule has 0 saturated carbocycles. The zero-order chi connectivity index (χ0) is 21.3. The van der Waals surface area contributed by atoms with Crippen LogP contribution >= 0.6 is 0 Å². The van der Waals surface area contributed by atoms with E-state index in [0.717, 1.165) is 22.9 Å². The molecule has 1 fully saturated rings. The van der Waals surface area contributed by atoms with Crippen molar-refractivity contribution in [1.82, 2.24) is 0 Å². The summed E-state index contributed by atoms with van der Waals surface area (Å²) in [4.78, 5) is 0. The average Bonchev–Trinajstić information content (AvgIpc) is 2.73. The molecule has 0 unspecified atom stereocenters. The van der Waals surface area contributed by atoms with Gasteiger partial charge in [0.15, 0.2) is 0 Å². The quantitative estimate of drug-likeness (QED) is 0.262. The molecular formula is C21H48SeSi5. The van der Waals surface area contributed by atoms with Crippen molar-refractivity contribution < 1.29 is 0 Å². The number of allylic oxidation sites excluding steroid dienone is 2. The van der Waals surface area contributed by atoms with Crippen molar-refractivity contribution in [1.29, 1.82) is 0 Å². The molecule has 0 bridgehead atoms. The summed E-state index contributed by atoms with van der Waals surface area (Å²) in [5.74, 6) is 0. The normalized spacial score (nSPS) is 25.6. The van der Waals surface area contributed by atoms with E-state index in [1.807, 2.05) is 0 Å². The molecule has 1 saturated heterocycles. The number of hydrogen-bond donors (Lipinski definition) is 0. The van der Waals surface area contributed by atoms with E-state index in [2.05, 4.69) is 91.6 Å². The first-order valence-corrected chi connectivity index (χ1v) is 31.0. The van der Waals surface area contributed by atoms with Gasteiger partial charge in [0.2, 0.25) is 0 Å². The van der Waals surface area contributed by atoms with Crippen LogP contribution in [0.15, 0.2) is 11.6 Å². The fourth-order valence-electron chi connectivity index (χ4n) is 8.58. The van der Waals surface area contributed by atoms with E-state index in [0.29, 0.717) is 0 Å². The first-order chi connectivity index (χ1) is 11.8. The summed E-state index contributed by atoms with van der Waals surface area (Å²) in [6.07, 6.45) is 6.06. The fourth-order valence-corrected chi connectivity index (χ4v) is 95.5. The first-order valence-electron chi connectivity index (χ1n) is 11.1. The van der Waals surface area contributed by atoms with Gasteiger partial charge in [0, 0.05) is 0 Å². The molecule has 2 aliphatic heterocycles. The van der Waals surface area contributed by atoms with Gasteiger partial charge >= 0.3 is 183 Å². The molecule has 0 nitrogen and oxygen atoms in total. The van der Waals surface area contributed by atoms with E-state index in [1.54, 1.807) is 24.5 Å². The summed E-state index contributed by atoms with van der Waals surface area (Å²) < 4.78 is 1.68. The van der Waals surface area contributed by atoms with Gasteiger partial charge in [-0.2, -0.15) is 0 Å². The van der Waals surface area contributed by atoms with Crippen molar-refractivity contribution in [2.24, 2.45) is 0 Å². The van der Waals surface area contributed by atoms with Gasteiger partial charge in [0.05, 0.1) is 0 Å². The summed E-state index contributed by atoms with van der Waals surface area (Å²) in [6, 6.07) is 1.57. The van der Waals surface area contributed by atoms with Gasteiger partial charge in [0.25, 0.3) is 0 Å². The van der Waals surface area contributed by atoms with Gasteiger partial charge in [0.1, 0.15) is 0 Å². The minimum absolute atomic E-state index is 0.838. The minimum atomic E-state index is -1.43. The second-order valence-electron chi connectivity index (χ2n) is 13.7. The Hall–Kier alpha value is 1.34. The Balaban J connectivity index is 3.00. The third kappa shape index (κ3) is 3.18. The molecule has 6 heteroatoms. The Labute approximate surface area is 182 Å². The molecule has 2 rings (SSSR count). The summed E-state index contributed by atoms with van der Waals surface area (Å²) in [5, 5.41) is 1.49. The molecule has 2 aliphatic rings. The van der Waals surface area contributed by atoms with E-state index in [9.17, 15) is 0 Å². The van der Waals surface area contributed by atoms with Crippen molar-refractivity contribution in [2.75, 3.05) is 0 Å². The second kappa shape index (κ2) is 6.93. The number of hydrogen-bond acceptors (Lipinski definition) is 0. The molecule has 2 heterocycles. The Morgan fingerprint density at radius 1 is 0.704 bits per heavy atom. The van der Waals surface area contributed by atoms with Gasteiger partial charge < -0.3 is 0 Å². The van der Waals surface area contributed by atoms with Crippen molar-refractivity contribution >= 4 is 53.3 Å². The van der Waals surface area contributed by atoms with Gasteiger partial charge in [-0.1, -0.05) is 0 Å². The van der Waals surface area contributed by atoms with Crippen LogP contribution in [0.3, 0.4) is 0 Å². The average molecular weight is 520 g/mol. The Morgan fingerprint density at radius 3 is 1.26 bits per heavy atom. The van der Waals surface area contributed by atoms with Crippen molar-refractivity contribution in [3.8, 4) is 0 Å². The van der Waals surface area contributed by atoms with Crippen LogP contribution in [0.5, 0.6) is 0 Å². The van der Waals surface area contributed by atoms with Crippen LogP contribution in [-0.4, -0.2) is 53.3 Å². The van der Waals surface area contributed by atoms with Gasteiger partial charge in [-0.3, -0.25) is 0 Å². The van der Waals surface area contributed by atoms with Crippen LogP contribution in [0.4, 0.5) is 0 Å². The predicted octanol–water partition coefficient (Wildman–Crippen LogP) is 7.80. The molecule has 27 heavy (non-hydrogen) atoms. The van der Waals surface area contributed by atoms with Crippen LogP contribution in [0.25, 0.3) is 0 Å². The predicted molar refractivity (Wildman–Crippen MR) is 143 cm³/mol. The van der Waals surface area contributed by atoms with Gasteiger partial charge in [-0.25, -0.2) is 0 Å². The molecule has 0 aromatic rings. The van der Waals surface area contributed by atoms with Crippen LogP contribution in [0.2, 0.25) is 98.5 Å². The van der Waals surface area contributed by atoms with Crippen molar-refractivity contribution in [3.63, 3.8) is 0 Å². The summed E-state index contributed by atoms with van der Waals surface area (Å²) in [7, 11) is -5.13. The zero-order valence-electron chi connectivity index (χ0n) is 20.8. The molecule has 0 atom stereocenters. The fraction of sp³-hybridized carbons (Fsp3) is 0.905. The number of rotatable bonds is 4.